The number of imide groups is 1. The van der Waals surface area contributed by atoms with Gasteiger partial charge in [-0.15, -0.1) is 0 Å². The van der Waals surface area contributed by atoms with E-state index in [-0.39, 0.29) is 10.5 Å². The van der Waals surface area contributed by atoms with Gasteiger partial charge in [0.1, 0.15) is 17.2 Å². The van der Waals surface area contributed by atoms with Crippen LogP contribution in [0.2, 0.25) is 0 Å². The third kappa shape index (κ3) is 3.20. The number of amides is 2. The zero-order chi connectivity index (χ0) is 19.1. The minimum Gasteiger partial charge on any atom is -0.478 e. The predicted molar refractivity (Wildman–Crippen MR) is 95.5 cm³/mol. The number of carboxylic acid groups (broad SMARTS) is 1. The second-order valence-electron chi connectivity index (χ2n) is 5.64. The number of fused-ring (bicyclic) bond motifs is 1. The molecule has 0 radical (unpaired) electrons. The molecule has 0 unspecified atom stereocenters. The molecule has 0 saturated carbocycles. The molecule has 2 aromatic heterocycles. The van der Waals surface area contributed by atoms with Gasteiger partial charge >= 0.3 is 5.97 Å². The number of nitrogens with one attached hydrogen (secondary N) is 1. The summed E-state index contributed by atoms with van der Waals surface area (Å²) in [5.74, 6) is -2.16. The highest BCUT2D eigenvalue weighted by molar-refractivity contribution is 8.18. The number of rotatable bonds is 3. The monoisotopic (exact) mass is 384 g/mol. The van der Waals surface area contributed by atoms with E-state index in [0.29, 0.717) is 27.9 Å². The molecule has 1 fully saturated rings. The number of aromatic nitrogens is 1. The van der Waals surface area contributed by atoms with E-state index in [0.717, 1.165) is 17.8 Å². The van der Waals surface area contributed by atoms with Gasteiger partial charge in [0.15, 0.2) is 0 Å². The summed E-state index contributed by atoms with van der Waals surface area (Å²) in [4.78, 5) is 38.3. The summed E-state index contributed by atoms with van der Waals surface area (Å²) in [5.41, 5.74) is 0.850. The van der Waals surface area contributed by atoms with E-state index in [4.69, 9.17) is 9.52 Å². The number of nitrogens with zero attached hydrogens (tertiary/aromatic N) is 1. The minimum atomic E-state index is -1.25. The summed E-state index contributed by atoms with van der Waals surface area (Å²) in [6.07, 6.45) is 4.38. The Morgan fingerprint density at radius 1 is 1.22 bits per heavy atom. The fourth-order valence-corrected chi connectivity index (χ4v) is 3.34. The molecule has 1 saturated heterocycles. The largest absolute Gasteiger partial charge is 0.478 e. The van der Waals surface area contributed by atoms with Crippen LogP contribution in [-0.4, -0.2) is 27.2 Å². The van der Waals surface area contributed by atoms with Crippen molar-refractivity contribution in [3.8, 4) is 11.1 Å². The van der Waals surface area contributed by atoms with Gasteiger partial charge in [0.05, 0.1) is 10.5 Å². The minimum absolute atomic E-state index is 0.187. The zero-order valence-corrected chi connectivity index (χ0v) is 14.2. The lowest BCUT2D eigenvalue weighted by Gasteiger charge is -2.04. The van der Waals surface area contributed by atoms with Gasteiger partial charge in [0, 0.05) is 29.4 Å². The van der Waals surface area contributed by atoms with Gasteiger partial charge in [-0.1, -0.05) is 0 Å². The molecule has 0 atom stereocenters. The number of thioether (sulfide) groups is 1. The van der Waals surface area contributed by atoms with Crippen LogP contribution in [0.25, 0.3) is 28.2 Å². The second-order valence-corrected chi connectivity index (χ2v) is 6.65. The maximum absolute atomic E-state index is 13.8. The molecular weight excluding hydrogens is 375 g/mol. The number of carbonyl (C=O) groups excluding carboxylic acids is 2. The Bertz CT molecular complexity index is 1170. The van der Waals surface area contributed by atoms with Gasteiger partial charge in [-0.3, -0.25) is 19.9 Å². The number of pyridine rings is 1. The van der Waals surface area contributed by atoms with Crippen LogP contribution >= 0.6 is 11.8 Å². The number of halogens is 1. The smallest absolute Gasteiger partial charge is 0.335 e. The first-order valence-corrected chi connectivity index (χ1v) is 8.39. The highest BCUT2D eigenvalue weighted by atomic mass is 32.2. The number of benzene rings is 1. The van der Waals surface area contributed by atoms with Gasteiger partial charge in [-0.2, -0.15) is 0 Å². The van der Waals surface area contributed by atoms with Crippen molar-refractivity contribution in [3.05, 3.63) is 58.7 Å². The normalized spacial score (nSPS) is 15.5. The van der Waals surface area contributed by atoms with E-state index in [9.17, 15) is 18.8 Å². The topological polar surface area (TPSA) is 110 Å². The summed E-state index contributed by atoms with van der Waals surface area (Å²) in [5, 5.41) is 11.4. The SMILES string of the molecule is O=C1NC(=O)C(=Cc2cc3cncc(-c4cc(F)cc(C(=O)O)c4)c3o2)S1. The van der Waals surface area contributed by atoms with E-state index in [1.54, 1.807) is 6.07 Å². The lowest BCUT2D eigenvalue weighted by molar-refractivity contribution is -0.115. The molecule has 0 bridgehead atoms. The first-order chi connectivity index (χ1) is 12.9. The van der Waals surface area contributed by atoms with Crippen LogP contribution in [0.4, 0.5) is 9.18 Å². The lowest BCUT2D eigenvalue weighted by atomic mass is 10.0. The van der Waals surface area contributed by atoms with Crippen LogP contribution in [0.5, 0.6) is 0 Å². The van der Waals surface area contributed by atoms with Gasteiger partial charge in [0.25, 0.3) is 11.1 Å². The number of aromatic carboxylic acids is 1. The van der Waals surface area contributed by atoms with Crippen molar-refractivity contribution in [2.75, 3.05) is 0 Å². The molecule has 1 aliphatic rings. The molecule has 0 aliphatic carbocycles. The van der Waals surface area contributed by atoms with Crippen LogP contribution in [-0.2, 0) is 4.79 Å². The quantitative estimate of drug-likeness (QED) is 0.663. The van der Waals surface area contributed by atoms with E-state index < -0.39 is 22.9 Å². The Morgan fingerprint density at radius 2 is 2.04 bits per heavy atom. The van der Waals surface area contributed by atoms with Crippen LogP contribution in [0.3, 0.4) is 0 Å². The summed E-state index contributed by atoms with van der Waals surface area (Å²) >= 11 is 0.757. The summed E-state index contributed by atoms with van der Waals surface area (Å²) in [6.45, 7) is 0. The summed E-state index contributed by atoms with van der Waals surface area (Å²) < 4.78 is 19.6. The van der Waals surface area contributed by atoms with Crippen molar-refractivity contribution in [2.24, 2.45) is 0 Å². The van der Waals surface area contributed by atoms with Gasteiger partial charge in [-0.25, -0.2) is 9.18 Å². The average molecular weight is 384 g/mol. The highest BCUT2D eigenvalue weighted by Crippen LogP contribution is 2.33. The maximum Gasteiger partial charge on any atom is 0.335 e. The first kappa shape index (κ1) is 17.0. The molecule has 2 amide bonds. The molecule has 3 aromatic rings. The standard InChI is InChI=1S/C18H9FN2O5S/c19-11-2-8(1-9(3-11)17(23)24)13-7-20-6-10-4-12(26-15(10)13)5-14-16(22)21-18(25)27-14/h1-7H,(H,23,24)(H,21,22,25). The number of carbonyl (C=O) groups is 3. The maximum atomic E-state index is 13.8. The van der Waals surface area contributed by atoms with Gasteiger partial charge < -0.3 is 9.52 Å². The molecule has 134 valence electrons. The number of hydrogen-bond donors (Lipinski definition) is 2. The van der Waals surface area contributed by atoms with Crippen molar-refractivity contribution < 1.29 is 28.3 Å². The first-order valence-electron chi connectivity index (χ1n) is 7.57. The Morgan fingerprint density at radius 3 is 2.74 bits per heavy atom. The fourth-order valence-electron chi connectivity index (χ4n) is 2.68. The lowest BCUT2D eigenvalue weighted by Crippen LogP contribution is -2.17. The number of hydrogen-bond acceptors (Lipinski definition) is 6. The second kappa shape index (κ2) is 6.36. The molecule has 4 rings (SSSR count). The van der Waals surface area contributed by atoms with Crippen LogP contribution in [0.1, 0.15) is 16.1 Å². The van der Waals surface area contributed by atoms with Crippen LogP contribution in [0, 0.1) is 5.82 Å². The Labute approximate surface area is 154 Å². The van der Waals surface area contributed by atoms with Crippen molar-refractivity contribution in [1.82, 2.24) is 10.3 Å². The van der Waals surface area contributed by atoms with Crippen molar-refractivity contribution in [3.63, 3.8) is 0 Å². The summed E-state index contributed by atoms with van der Waals surface area (Å²) in [6, 6.07) is 5.04. The molecule has 2 N–H and O–H groups in total. The van der Waals surface area contributed by atoms with Crippen molar-refractivity contribution in [1.29, 1.82) is 0 Å². The van der Waals surface area contributed by atoms with Crippen molar-refractivity contribution >= 4 is 45.9 Å². The Hall–Kier alpha value is -3.46. The molecule has 7 nitrogen and oxygen atoms in total. The summed E-state index contributed by atoms with van der Waals surface area (Å²) in [7, 11) is 0. The third-order valence-corrected chi connectivity index (χ3v) is 4.62. The average Bonchev–Trinajstić information content (AvgIpc) is 3.16. The van der Waals surface area contributed by atoms with Gasteiger partial charge in [0.2, 0.25) is 0 Å². The zero-order valence-electron chi connectivity index (χ0n) is 13.4. The number of furan rings is 1. The van der Waals surface area contributed by atoms with Crippen LogP contribution < -0.4 is 5.32 Å². The molecule has 1 aliphatic heterocycles. The van der Waals surface area contributed by atoms with E-state index in [2.05, 4.69) is 10.3 Å². The molecule has 3 heterocycles. The van der Waals surface area contributed by atoms with Gasteiger partial charge in [-0.05, 0) is 41.6 Å². The van der Waals surface area contributed by atoms with Crippen molar-refractivity contribution in [2.45, 2.75) is 0 Å². The van der Waals surface area contributed by atoms with Crippen LogP contribution in [0.15, 0.2) is 46.0 Å². The van der Waals surface area contributed by atoms with E-state index >= 15 is 0 Å². The van der Waals surface area contributed by atoms with E-state index in [1.165, 1.54) is 30.6 Å². The number of carboxylic acids is 1. The fraction of sp³-hybridized carbons (Fsp3) is 0. The highest BCUT2D eigenvalue weighted by Gasteiger charge is 2.25. The Kier molecular flexibility index (Phi) is 4.00. The molecular formula is C18H9FN2O5S. The molecule has 27 heavy (non-hydrogen) atoms. The van der Waals surface area contributed by atoms with E-state index in [1.807, 2.05) is 0 Å². The predicted octanol–water partition coefficient (Wildman–Crippen LogP) is 3.66. The third-order valence-electron chi connectivity index (χ3n) is 3.81. The molecule has 0 spiro atoms. The molecule has 1 aromatic carbocycles. The molecule has 9 heteroatoms. The Balaban J connectivity index is 1.83.